The summed E-state index contributed by atoms with van der Waals surface area (Å²) in [5.74, 6) is 0.719. The third-order valence-corrected chi connectivity index (χ3v) is 4.08. The van der Waals surface area contributed by atoms with Gasteiger partial charge in [0.1, 0.15) is 0 Å². The Morgan fingerprint density at radius 3 is 2.40 bits per heavy atom. The Hall–Kier alpha value is -0.530. The molecule has 0 fully saturated rings. The largest absolute Gasteiger partial charge is 0.317 e. The van der Waals surface area contributed by atoms with Gasteiger partial charge in [0.15, 0.2) is 0 Å². The van der Waals surface area contributed by atoms with Crippen molar-refractivity contribution in [2.45, 2.75) is 59.9 Å². The zero-order valence-electron chi connectivity index (χ0n) is 13.9. The van der Waals surface area contributed by atoms with Crippen molar-refractivity contribution in [1.29, 1.82) is 0 Å². The second-order valence-electron chi connectivity index (χ2n) is 7.39. The molecule has 114 valence electrons. The number of likely N-dealkylation sites (N-methyl/N-ethyl adjacent to an activating group) is 1. The highest BCUT2D eigenvalue weighted by molar-refractivity contribution is 6.31. The molecule has 1 aromatic rings. The normalized spacial score (nSPS) is 15.2. The van der Waals surface area contributed by atoms with Crippen molar-refractivity contribution in [2.75, 3.05) is 7.05 Å². The van der Waals surface area contributed by atoms with Gasteiger partial charge in [-0.3, -0.25) is 0 Å². The zero-order chi connectivity index (χ0) is 15.3. The van der Waals surface area contributed by atoms with Crippen LogP contribution in [0, 0.1) is 18.3 Å². The van der Waals surface area contributed by atoms with Crippen LogP contribution in [0.3, 0.4) is 0 Å². The first-order chi connectivity index (χ1) is 9.21. The summed E-state index contributed by atoms with van der Waals surface area (Å²) in [5.41, 5.74) is 2.87. The van der Waals surface area contributed by atoms with Crippen LogP contribution in [0.1, 0.15) is 51.7 Å². The van der Waals surface area contributed by atoms with Crippen LogP contribution < -0.4 is 5.32 Å². The molecule has 1 N–H and O–H groups in total. The minimum absolute atomic E-state index is 0.402. The number of hydrogen-bond donors (Lipinski definition) is 1. The van der Waals surface area contributed by atoms with Crippen LogP contribution in [-0.4, -0.2) is 13.1 Å². The van der Waals surface area contributed by atoms with Crippen LogP contribution in [0.25, 0.3) is 0 Å². The second-order valence-corrected chi connectivity index (χ2v) is 7.80. The highest BCUT2D eigenvalue weighted by Crippen LogP contribution is 2.28. The van der Waals surface area contributed by atoms with E-state index in [-0.39, 0.29) is 0 Å². The van der Waals surface area contributed by atoms with Crippen molar-refractivity contribution in [2.24, 2.45) is 11.3 Å². The topological polar surface area (TPSA) is 12.0 Å². The molecule has 0 aliphatic heterocycles. The van der Waals surface area contributed by atoms with E-state index in [0.29, 0.717) is 11.5 Å². The molecule has 0 aromatic heterocycles. The van der Waals surface area contributed by atoms with Gasteiger partial charge in [-0.15, -0.1) is 0 Å². The molecule has 1 aromatic carbocycles. The second kappa shape index (κ2) is 7.47. The van der Waals surface area contributed by atoms with Gasteiger partial charge in [0.2, 0.25) is 0 Å². The van der Waals surface area contributed by atoms with E-state index in [0.717, 1.165) is 17.4 Å². The number of benzene rings is 1. The van der Waals surface area contributed by atoms with Crippen LogP contribution in [0.5, 0.6) is 0 Å². The highest BCUT2D eigenvalue weighted by atomic mass is 35.5. The van der Waals surface area contributed by atoms with E-state index in [4.69, 9.17) is 11.6 Å². The number of aryl methyl sites for hydroxylation is 1. The van der Waals surface area contributed by atoms with Gasteiger partial charge >= 0.3 is 0 Å². The van der Waals surface area contributed by atoms with Crippen LogP contribution in [0.15, 0.2) is 18.2 Å². The summed E-state index contributed by atoms with van der Waals surface area (Å²) in [7, 11) is 2.05. The lowest BCUT2D eigenvalue weighted by Gasteiger charge is -2.27. The van der Waals surface area contributed by atoms with E-state index in [1.165, 1.54) is 24.0 Å². The van der Waals surface area contributed by atoms with Gasteiger partial charge in [0, 0.05) is 11.1 Å². The average Bonchev–Trinajstić information content (AvgIpc) is 2.29. The summed E-state index contributed by atoms with van der Waals surface area (Å²) in [6.07, 6.45) is 3.45. The van der Waals surface area contributed by atoms with E-state index in [9.17, 15) is 0 Å². The fraction of sp³-hybridized carbons (Fsp3) is 0.667. The maximum atomic E-state index is 6.35. The summed E-state index contributed by atoms with van der Waals surface area (Å²) in [6, 6.07) is 6.86. The maximum absolute atomic E-state index is 6.35. The molecule has 0 heterocycles. The predicted molar refractivity (Wildman–Crippen MR) is 90.6 cm³/mol. The van der Waals surface area contributed by atoms with Gasteiger partial charge in [-0.05, 0) is 61.8 Å². The van der Waals surface area contributed by atoms with Crippen LogP contribution in [0.4, 0.5) is 0 Å². The van der Waals surface area contributed by atoms with Gasteiger partial charge in [-0.25, -0.2) is 0 Å². The molecule has 0 saturated heterocycles. The molecule has 0 saturated carbocycles. The third-order valence-electron chi connectivity index (χ3n) is 3.73. The summed E-state index contributed by atoms with van der Waals surface area (Å²) < 4.78 is 0. The quantitative estimate of drug-likeness (QED) is 0.756. The Morgan fingerprint density at radius 1 is 1.25 bits per heavy atom. The van der Waals surface area contributed by atoms with Crippen molar-refractivity contribution >= 4 is 11.6 Å². The molecule has 2 atom stereocenters. The van der Waals surface area contributed by atoms with E-state index in [2.05, 4.69) is 65.2 Å². The lowest BCUT2D eigenvalue weighted by Crippen LogP contribution is -2.30. The summed E-state index contributed by atoms with van der Waals surface area (Å²) in [4.78, 5) is 0. The lowest BCUT2D eigenvalue weighted by atomic mass is 9.82. The van der Waals surface area contributed by atoms with Crippen molar-refractivity contribution in [3.8, 4) is 0 Å². The monoisotopic (exact) mass is 295 g/mol. The summed E-state index contributed by atoms with van der Waals surface area (Å²) >= 11 is 6.35. The molecule has 0 amide bonds. The van der Waals surface area contributed by atoms with Gasteiger partial charge in [0.05, 0.1) is 0 Å². The predicted octanol–water partition coefficient (Wildman–Crippen LogP) is 5.24. The molecule has 0 spiro atoms. The lowest BCUT2D eigenvalue weighted by molar-refractivity contribution is 0.277. The molecule has 0 aliphatic rings. The van der Waals surface area contributed by atoms with Crippen molar-refractivity contribution in [1.82, 2.24) is 5.32 Å². The van der Waals surface area contributed by atoms with Crippen molar-refractivity contribution in [3.05, 3.63) is 34.3 Å². The van der Waals surface area contributed by atoms with Gasteiger partial charge in [-0.1, -0.05) is 51.4 Å². The van der Waals surface area contributed by atoms with Gasteiger partial charge in [0.25, 0.3) is 0 Å². The Morgan fingerprint density at radius 2 is 1.90 bits per heavy atom. The van der Waals surface area contributed by atoms with Crippen molar-refractivity contribution < 1.29 is 0 Å². The summed E-state index contributed by atoms with van der Waals surface area (Å²) in [5, 5.41) is 4.35. The van der Waals surface area contributed by atoms with Crippen LogP contribution >= 0.6 is 11.6 Å². The minimum atomic E-state index is 0.402. The number of hydrogen-bond acceptors (Lipinski definition) is 1. The molecule has 20 heavy (non-hydrogen) atoms. The molecule has 2 heteroatoms. The van der Waals surface area contributed by atoms with Crippen LogP contribution in [0.2, 0.25) is 5.02 Å². The Kier molecular flexibility index (Phi) is 6.54. The standard InChI is InChI=1S/C18H30ClN/c1-13-7-8-15(17(19)10-13)11-16(20-6)9-14(2)12-18(3,4)5/h7-8,10,14,16,20H,9,11-12H2,1-6H3. The molecular formula is C18H30ClN. The molecule has 1 rings (SSSR count). The van der Waals surface area contributed by atoms with Gasteiger partial charge in [-0.2, -0.15) is 0 Å². The fourth-order valence-electron chi connectivity index (χ4n) is 3.00. The Bertz CT molecular complexity index is 420. The van der Waals surface area contributed by atoms with E-state index in [1.807, 2.05) is 0 Å². The van der Waals surface area contributed by atoms with E-state index in [1.54, 1.807) is 0 Å². The number of halogens is 1. The first-order valence-corrected chi connectivity index (χ1v) is 8.01. The molecular weight excluding hydrogens is 266 g/mol. The molecule has 0 radical (unpaired) electrons. The third kappa shape index (κ3) is 6.28. The summed E-state index contributed by atoms with van der Waals surface area (Å²) in [6.45, 7) is 11.4. The van der Waals surface area contributed by atoms with E-state index >= 15 is 0 Å². The minimum Gasteiger partial charge on any atom is -0.317 e. The molecule has 1 nitrogen and oxygen atoms in total. The molecule has 2 unspecified atom stereocenters. The average molecular weight is 296 g/mol. The maximum Gasteiger partial charge on any atom is 0.0441 e. The number of rotatable bonds is 6. The molecule has 0 bridgehead atoms. The zero-order valence-corrected chi connectivity index (χ0v) is 14.6. The SMILES string of the molecule is CNC(Cc1ccc(C)cc1Cl)CC(C)CC(C)(C)C. The Labute approximate surface area is 130 Å². The smallest absolute Gasteiger partial charge is 0.0441 e. The highest BCUT2D eigenvalue weighted by Gasteiger charge is 2.19. The van der Waals surface area contributed by atoms with Crippen LogP contribution in [-0.2, 0) is 6.42 Å². The first-order valence-electron chi connectivity index (χ1n) is 7.63. The Balaban J connectivity index is 2.63. The van der Waals surface area contributed by atoms with E-state index < -0.39 is 0 Å². The van der Waals surface area contributed by atoms with Crippen molar-refractivity contribution in [3.63, 3.8) is 0 Å². The number of nitrogens with one attached hydrogen (secondary N) is 1. The fourth-order valence-corrected chi connectivity index (χ4v) is 3.31. The van der Waals surface area contributed by atoms with Gasteiger partial charge < -0.3 is 5.32 Å². The molecule has 0 aliphatic carbocycles. The first kappa shape index (κ1) is 17.5.